The highest BCUT2D eigenvalue weighted by Crippen LogP contribution is 2.44. The Bertz CT molecular complexity index is 653. The van der Waals surface area contributed by atoms with Crippen LogP contribution in [0.4, 0.5) is 15.3 Å². The lowest BCUT2D eigenvalue weighted by Gasteiger charge is -2.38. The molecule has 1 saturated heterocycles. The highest BCUT2D eigenvalue weighted by Gasteiger charge is 2.46. The lowest BCUT2D eigenvalue weighted by atomic mass is 9.89. The summed E-state index contributed by atoms with van der Waals surface area (Å²) >= 11 is 0. The van der Waals surface area contributed by atoms with Crippen molar-refractivity contribution < 1.29 is 19.1 Å². The van der Waals surface area contributed by atoms with Gasteiger partial charge in [0, 0.05) is 19.0 Å². The zero-order valence-electron chi connectivity index (χ0n) is 14.6. The first kappa shape index (κ1) is 16.6. The van der Waals surface area contributed by atoms with Crippen LogP contribution in [0.1, 0.15) is 38.7 Å². The summed E-state index contributed by atoms with van der Waals surface area (Å²) < 4.78 is 10.5. The van der Waals surface area contributed by atoms with Crippen molar-refractivity contribution in [1.29, 1.82) is 0 Å². The zero-order valence-corrected chi connectivity index (χ0v) is 14.6. The van der Waals surface area contributed by atoms with Crippen LogP contribution in [-0.2, 0) is 9.47 Å². The number of rotatable bonds is 0. The summed E-state index contributed by atoms with van der Waals surface area (Å²) in [4.78, 5) is 28.1. The van der Waals surface area contributed by atoms with Crippen LogP contribution in [0.3, 0.4) is 0 Å². The second-order valence-electron chi connectivity index (χ2n) is 7.29. The molecular formula is C18H24N2O4. The Morgan fingerprint density at radius 3 is 2.54 bits per heavy atom. The van der Waals surface area contributed by atoms with Gasteiger partial charge in [0.1, 0.15) is 5.60 Å². The minimum Gasteiger partial charge on any atom is -0.452 e. The van der Waals surface area contributed by atoms with Crippen LogP contribution < -0.4 is 4.90 Å². The first-order chi connectivity index (χ1) is 11.3. The molecular weight excluding hydrogens is 308 g/mol. The van der Waals surface area contributed by atoms with Gasteiger partial charge in [0.15, 0.2) is 0 Å². The van der Waals surface area contributed by atoms with E-state index in [0.29, 0.717) is 19.5 Å². The molecule has 1 aromatic carbocycles. The van der Waals surface area contributed by atoms with E-state index in [1.54, 1.807) is 9.80 Å². The highest BCUT2D eigenvalue weighted by molar-refractivity contribution is 5.92. The van der Waals surface area contributed by atoms with Gasteiger partial charge in [-0.2, -0.15) is 0 Å². The number of piperidine rings is 1. The van der Waals surface area contributed by atoms with Crippen molar-refractivity contribution in [2.75, 3.05) is 25.1 Å². The monoisotopic (exact) mass is 332 g/mol. The van der Waals surface area contributed by atoms with Crippen LogP contribution in [-0.4, -0.2) is 48.9 Å². The minimum atomic E-state index is -0.514. The van der Waals surface area contributed by atoms with E-state index in [0.717, 1.165) is 11.3 Å². The van der Waals surface area contributed by atoms with E-state index >= 15 is 0 Å². The SMILES string of the molecule is COC(=O)N1c2ccccc2C2CN(C(=O)OC(C)(C)C)CCC21. The average Bonchev–Trinajstić information content (AvgIpc) is 2.86. The second-order valence-corrected chi connectivity index (χ2v) is 7.29. The molecule has 0 aromatic heterocycles. The molecule has 6 heteroatoms. The van der Waals surface area contributed by atoms with Gasteiger partial charge in [0.05, 0.1) is 18.8 Å². The van der Waals surface area contributed by atoms with Crippen molar-refractivity contribution in [3.63, 3.8) is 0 Å². The van der Waals surface area contributed by atoms with Gasteiger partial charge in [0.25, 0.3) is 0 Å². The van der Waals surface area contributed by atoms with Crippen LogP contribution in [0.5, 0.6) is 0 Å². The van der Waals surface area contributed by atoms with E-state index in [1.165, 1.54) is 7.11 Å². The summed E-state index contributed by atoms with van der Waals surface area (Å²) in [5, 5.41) is 0. The van der Waals surface area contributed by atoms with Crippen molar-refractivity contribution in [3.8, 4) is 0 Å². The molecule has 2 heterocycles. The maximum Gasteiger partial charge on any atom is 0.414 e. The normalized spacial score (nSPS) is 22.7. The molecule has 0 N–H and O–H groups in total. The summed E-state index contributed by atoms with van der Waals surface area (Å²) in [6.07, 6.45) is 0.0591. The Kier molecular flexibility index (Phi) is 4.15. The van der Waals surface area contributed by atoms with Crippen molar-refractivity contribution in [3.05, 3.63) is 29.8 Å². The van der Waals surface area contributed by atoms with E-state index in [9.17, 15) is 9.59 Å². The summed E-state index contributed by atoms with van der Waals surface area (Å²) in [6.45, 7) is 6.70. The fourth-order valence-electron chi connectivity index (χ4n) is 3.58. The smallest absolute Gasteiger partial charge is 0.414 e. The number of para-hydroxylation sites is 1. The van der Waals surface area contributed by atoms with Crippen LogP contribution in [0.2, 0.25) is 0 Å². The number of ether oxygens (including phenoxy) is 2. The number of carbonyl (C=O) groups excluding carboxylic acids is 2. The van der Waals surface area contributed by atoms with Crippen LogP contribution in [0, 0.1) is 0 Å². The van der Waals surface area contributed by atoms with Crippen molar-refractivity contribution in [1.82, 2.24) is 4.90 Å². The molecule has 1 fully saturated rings. The second kappa shape index (κ2) is 6.00. The van der Waals surface area contributed by atoms with E-state index in [2.05, 4.69) is 0 Å². The molecule has 2 amide bonds. The number of fused-ring (bicyclic) bond motifs is 3. The van der Waals surface area contributed by atoms with Gasteiger partial charge in [-0.15, -0.1) is 0 Å². The first-order valence-corrected chi connectivity index (χ1v) is 8.26. The molecule has 2 unspecified atom stereocenters. The van der Waals surface area contributed by atoms with Crippen molar-refractivity contribution in [2.45, 2.75) is 44.8 Å². The fraction of sp³-hybridized carbons (Fsp3) is 0.556. The van der Waals surface area contributed by atoms with Crippen molar-refractivity contribution >= 4 is 17.9 Å². The number of likely N-dealkylation sites (tertiary alicyclic amines) is 1. The number of benzene rings is 1. The summed E-state index contributed by atoms with van der Waals surface area (Å²) in [5.74, 6) is 0.0848. The first-order valence-electron chi connectivity index (χ1n) is 8.26. The van der Waals surface area contributed by atoms with Gasteiger partial charge in [-0.3, -0.25) is 4.90 Å². The Morgan fingerprint density at radius 1 is 1.17 bits per heavy atom. The largest absolute Gasteiger partial charge is 0.452 e. The van der Waals surface area contributed by atoms with E-state index in [4.69, 9.17) is 9.47 Å². The average molecular weight is 332 g/mol. The van der Waals surface area contributed by atoms with Gasteiger partial charge in [-0.05, 0) is 38.8 Å². The van der Waals surface area contributed by atoms with E-state index < -0.39 is 5.60 Å². The molecule has 0 radical (unpaired) electrons. The number of anilines is 1. The summed E-state index contributed by atoms with van der Waals surface area (Å²) in [5.41, 5.74) is 1.45. The highest BCUT2D eigenvalue weighted by atomic mass is 16.6. The topological polar surface area (TPSA) is 59.1 Å². The minimum absolute atomic E-state index is 0.0218. The third kappa shape index (κ3) is 2.92. The summed E-state index contributed by atoms with van der Waals surface area (Å²) in [7, 11) is 1.40. The van der Waals surface area contributed by atoms with Crippen LogP contribution in [0.25, 0.3) is 0 Å². The standard InChI is InChI=1S/C18H24N2O4/c1-18(2,3)24-16(21)19-10-9-15-13(11-19)12-7-5-6-8-14(12)20(15)17(22)23-4/h5-8,13,15H,9-11H2,1-4H3. The molecule has 130 valence electrons. The molecule has 3 rings (SSSR count). The number of carbonyl (C=O) groups is 2. The molecule has 0 bridgehead atoms. The maximum atomic E-state index is 12.4. The van der Waals surface area contributed by atoms with Gasteiger partial charge in [-0.1, -0.05) is 18.2 Å². The summed E-state index contributed by atoms with van der Waals surface area (Å²) in [6, 6.07) is 7.85. The zero-order chi connectivity index (χ0) is 17.5. The van der Waals surface area contributed by atoms with Gasteiger partial charge in [-0.25, -0.2) is 9.59 Å². The molecule has 0 spiro atoms. The Morgan fingerprint density at radius 2 is 1.88 bits per heavy atom. The number of hydrogen-bond acceptors (Lipinski definition) is 4. The van der Waals surface area contributed by atoms with Gasteiger partial charge in [0.2, 0.25) is 0 Å². The Hall–Kier alpha value is -2.24. The fourth-order valence-corrected chi connectivity index (χ4v) is 3.58. The lowest BCUT2D eigenvalue weighted by molar-refractivity contribution is 0.0190. The van der Waals surface area contributed by atoms with Gasteiger partial charge < -0.3 is 14.4 Å². The number of methoxy groups -OCH3 is 1. The van der Waals surface area contributed by atoms with Crippen molar-refractivity contribution in [2.24, 2.45) is 0 Å². The Labute approximate surface area is 142 Å². The molecule has 2 atom stereocenters. The van der Waals surface area contributed by atoms with Crippen LogP contribution in [0.15, 0.2) is 24.3 Å². The molecule has 2 aliphatic rings. The van der Waals surface area contributed by atoms with E-state index in [-0.39, 0.29) is 24.1 Å². The van der Waals surface area contributed by atoms with Crippen LogP contribution >= 0.6 is 0 Å². The predicted molar refractivity (Wildman–Crippen MR) is 90.3 cm³/mol. The molecule has 0 saturated carbocycles. The third-order valence-corrected chi connectivity index (χ3v) is 4.53. The molecule has 24 heavy (non-hydrogen) atoms. The molecule has 1 aromatic rings. The third-order valence-electron chi connectivity index (χ3n) is 4.53. The maximum absolute atomic E-state index is 12.4. The van der Waals surface area contributed by atoms with E-state index in [1.807, 2.05) is 45.0 Å². The lowest BCUT2D eigenvalue weighted by Crippen LogP contribution is -2.50. The molecule has 6 nitrogen and oxygen atoms in total. The number of amides is 2. The number of hydrogen-bond donors (Lipinski definition) is 0. The van der Waals surface area contributed by atoms with Gasteiger partial charge >= 0.3 is 12.2 Å². The molecule has 0 aliphatic carbocycles. The Balaban J connectivity index is 1.84. The molecule has 2 aliphatic heterocycles. The quantitative estimate of drug-likeness (QED) is 0.731. The predicted octanol–water partition coefficient (Wildman–Crippen LogP) is 3.37. The number of nitrogens with zero attached hydrogens (tertiary/aromatic N) is 2.